The fourth-order valence-corrected chi connectivity index (χ4v) is 6.62. The molecule has 0 bridgehead atoms. The van der Waals surface area contributed by atoms with Gasteiger partial charge in [0.1, 0.15) is 18.0 Å². The molecule has 40 heavy (non-hydrogen) atoms. The fraction of sp³-hybridized carbons (Fsp3) is 0.533. The van der Waals surface area contributed by atoms with Gasteiger partial charge in [-0.15, -0.1) is 0 Å². The summed E-state index contributed by atoms with van der Waals surface area (Å²) in [5.41, 5.74) is -3.93. The molecular formula is C30H33F4NO5. The van der Waals surface area contributed by atoms with Crippen LogP contribution in [0, 0.1) is 12.8 Å². The van der Waals surface area contributed by atoms with Crippen LogP contribution in [0.3, 0.4) is 0 Å². The lowest BCUT2D eigenvalue weighted by molar-refractivity contribution is -0.228. The molecule has 0 radical (unpaired) electrons. The predicted octanol–water partition coefficient (Wildman–Crippen LogP) is 5.22. The van der Waals surface area contributed by atoms with Crippen LogP contribution in [-0.2, 0) is 27.1 Å². The van der Waals surface area contributed by atoms with Crippen molar-refractivity contribution >= 4 is 11.9 Å². The first-order chi connectivity index (χ1) is 18.7. The van der Waals surface area contributed by atoms with Crippen LogP contribution in [-0.4, -0.2) is 58.0 Å². The summed E-state index contributed by atoms with van der Waals surface area (Å²) in [4.78, 5) is 26.8. The second-order valence-electron chi connectivity index (χ2n) is 11.7. The monoisotopic (exact) mass is 563 g/mol. The number of aryl methyl sites for hydroxylation is 1. The van der Waals surface area contributed by atoms with Crippen LogP contribution in [0.4, 0.5) is 17.6 Å². The number of alkyl halides is 4. The first-order valence-corrected chi connectivity index (χ1v) is 13.5. The molecule has 0 aromatic heterocycles. The number of benzene rings is 2. The van der Waals surface area contributed by atoms with E-state index in [1.165, 1.54) is 6.07 Å². The summed E-state index contributed by atoms with van der Waals surface area (Å²) in [5, 5.41) is 20.7. The third-order valence-corrected chi connectivity index (χ3v) is 9.26. The van der Waals surface area contributed by atoms with Gasteiger partial charge in [0.2, 0.25) is 5.67 Å². The average Bonchev–Trinajstić information content (AvgIpc) is 3.28. The standard InChI is InChI=1S/C30H33F4NO5/c1-18-3-5-19(6-4-18)16-28-13-14-35(26(38)29(39)11-9-20(10-12-29)25(36)37)24(28)17-40-23-15-21(7-8-22(23)28)27(2,31)30(32,33)34/h3-8,15,20,24,39H,9-14,16-17H2,1-2H3,(H,36,37). The van der Waals surface area contributed by atoms with Gasteiger partial charge in [0, 0.05) is 23.1 Å². The number of aliphatic hydroxyl groups is 1. The summed E-state index contributed by atoms with van der Waals surface area (Å²) in [5.74, 6) is -1.88. The number of hydrogen-bond donors (Lipinski definition) is 2. The first-order valence-electron chi connectivity index (χ1n) is 13.5. The lowest BCUT2D eigenvalue weighted by Gasteiger charge is -2.45. The molecule has 1 saturated carbocycles. The summed E-state index contributed by atoms with van der Waals surface area (Å²) in [6.45, 7) is 2.70. The number of nitrogens with zero attached hydrogens (tertiary/aromatic N) is 1. The molecule has 3 unspecified atom stereocenters. The van der Waals surface area contributed by atoms with Crippen molar-refractivity contribution in [1.82, 2.24) is 4.90 Å². The number of rotatable bonds is 5. The molecule has 5 rings (SSSR count). The van der Waals surface area contributed by atoms with Gasteiger partial charge in [-0.3, -0.25) is 9.59 Å². The van der Waals surface area contributed by atoms with E-state index in [0.717, 1.165) is 23.3 Å². The maximum Gasteiger partial charge on any atom is 0.426 e. The van der Waals surface area contributed by atoms with E-state index in [1.807, 2.05) is 31.2 Å². The van der Waals surface area contributed by atoms with Crippen molar-refractivity contribution in [2.75, 3.05) is 13.2 Å². The zero-order valence-corrected chi connectivity index (χ0v) is 22.4. The second-order valence-corrected chi connectivity index (χ2v) is 11.7. The van der Waals surface area contributed by atoms with Gasteiger partial charge in [-0.1, -0.05) is 42.0 Å². The number of carboxylic acid groups (broad SMARTS) is 1. The van der Waals surface area contributed by atoms with Crippen LogP contribution < -0.4 is 4.74 Å². The maximum atomic E-state index is 14.8. The van der Waals surface area contributed by atoms with Crippen molar-refractivity contribution < 1.29 is 42.1 Å². The summed E-state index contributed by atoms with van der Waals surface area (Å²) >= 11 is 0. The normalized spacial score (nSPS) is 29.6. The lowest BCUT2D eigenvalue weighted by atomic mass is 9.68. The van der Waals surface area contributed by atoms with Crippen LogP contribution in [0.5, 0.6) is 5.75 Å². The Morgan fingerprint density at radius 1 is 1.05 bits per heavy atom. The summed E-state index contributed by atoms with van der Waals surface area (Å²) in [6.07, 6.45) is -3.74. The number of carbonyl (C=O) groups is 2. The summed E-state index contributed by atoms with van der Waals surface area (Å²) < 4.78 is 61.2. The maximum absolute atomic E-state index is 14.8. The van der Waals surface area contributed by atoms with Crippen LogP contribution in [0.25, 0.3) is 0 Å². The largest absolute Gasteiger partial charge is 0.491 e. The third-order valence-electron chi connectivity index (χ3n) is 9.26. The van der Waals surface area contributed by atoms with Gasteiger partial charge in [-0.25, -0.2) is 4.39 Å². The van der Waals surface area contributed by atoms with E-state index >= 15 is 0 Å². The molecule has 1 aliphatic carbocycles. The van der Waals surface area contributed by atoms with E-state index in [9.17, 15) is 37.4 Å². The smallest absolute Gasteiger partial charge is 0.426 e. The molecule has 2 aromatic rings. The molecule has 3 aliphatic rings. The Kier molecular flexibility index (Phi) is 6.92. The SMILES string of the molecule is Cc1ccc(CC23CCN(C(=O)C4(O)CCC(C(=O)O)CC4)C2COc2cc(C(C)(F)C(F)(F)F)ccc23)cc1. The molecule has 1 saturated heterocycles. The van der Waals surface area contributed by atoms with Gasteiger partial charge in [0.05, 0.1) is 12.0 Å². The zero-order valence-electron chi connectivity index (χ0n) is 22.4. The van der Waals surface area contributed by atoms with Gasteiger partial charge in [0.15, 0.2) is 0 Å². The number of fused-ring (bicyclic) bond motifs is 3. The Morgan fingerprint density at radius 2 is 1.70 bits per heavy atom. The number of carboxylic acids is 1. The molecule has 2 aromatic carbocycles. The third kappa shape index (κ3) is 4.63. The molecule has 0 spiro atoms. The Hall–Kier alpha value is -3.14. The Bertz CT molecular complexity index is 1300. The van der Waals surface area contributed by atoms with Gasteiger partial charge < -0.3 is 19.8 Å². The molecule has 2 aliphatic heterocycles. The van der Waals surface area contributed by atoms with Gasteiger partial charge in [-0.05, 0) is 64.0 Å². The highest BCUT2D eigenvalue weighted by molar-refractivity contribution is 5.86. The number of amides is 1. The van der Waals surface area contributed by atoms with Gasteiger partial charge >= 0.3 is 12.1 Å². The van der Waals surface area contributed by atoms with Crippen LogP contribution in [0.2, 0.25) is 0 Å². The number of likely N-dealkylation sites (tertiary alicyclic amines) is 1. The number of halogens is 4. The zero-order chi connectivity index (χ0) is 29.1. The predicted molar refractivity (Wildman–Crippen MR) is 138 cm³/mol. The van der Waals surface area contributed by atoms with Crippen LogP contribution in [0.1, 0.15) is 61.3 Å². The fourth-order valence-electron chi connectivity index (χ4n) is 6.62. The van der Waals surface area contributed by atoms with E-state index < -0.39 is 52.3 Å². The minimum absolute atomic E-state index is 0.0308. The Balaban J connectivity index is 1.52. The minimum Gasteiger partial charge on any atom is -0.491 e. The highest BCUT2D eigenvalue weighted by Crippen LogP contribution is 2.52. The van der Waals surface area contributed by atoms with Crippen LogP contribution >= 0.6 is 0 Å². The molecule has 2 N–H and O–H groups in total. The number of hydrogen-bond acceptors (Lipinski definition) is 4. The van der Waals surface area contributed by atoms with Crippen molar-refractivity contribution in [2.24, 2.45) is 5.92 Å². The number of carbonyl (C=O) groups excluding carboxylic acids is 1. The molecule has 6 nitrogen and oxygen atoms in total. The second kappa shape index (κ2) is 9.75. The topological polar surface area (TPSA) is 87.1 Å². The van der Waals surface area contributed by atoms with Crippen molar-refractivity contribution in [3.8, 4) is 5.75 Å². The summed E-state index contributed by atoms with van der Waals surface area (Å²) in [7, 11) is 0. The van der Waals surface area contributed by atoms with Gasteiger partial charge in [-0.2, -0.15) is 13.2 Å². The van der Waals surface area contributed by atoms with E-state index in [1.54, 1.807) is 4.90 Å². The highest BCUT2D eigenvalue weighted by atomic mass is 19.4. The molecular weight excluding hydrogens is 530 g/mol. The molecule has 1 amide bonds. The number of ether oxygens (including phenoxy) is 1. The van der Waals surface area contributed by atoms with Crippen molar-refractivity contribution in [2.45, 2.75) is 81.3 Å². The summed E-state index contributed by atoms with van der Waals surface area (Å²) in [6, 6.07) is 11.1. The first kappa shape index (κ1) is 28.4. The Morgan fingerprint density at radius 3 is 2.30 bits per heavy atom. The molecule has 2 fully saturated rings. The van der Waals surface area contributed by atoms with E-state index in [0.29, 0.717) is 25.3 Å². The van der Waals surface area contributed by atoms with Gasteiger partial charge in [0.25, 0.3) is 5.91 Å². The molecule has 10 heteroatoms. The Labute approximate surface area is 229 Å². The van der Waals surface area contributed by atoms with E-state index in [2.05, 4.69) is 0 Å². The molecule has 2 heterocycles. The van der Waals surface area contributed by atoms with Crippen molar-refractivity contribution in [1.29, 1.82) is 0 Å². The molecule has 3 atom stereocenters. The quantitative estimate of drug-likeness (QED) is 0.487. The van der Waals surface area contributed by atoms with Crippen molar-refractivity contribution in [3.05, 3.63) is 64.7 Å². The van der Waals surface area contributed by atoms with Crippen LogP contribution in [0.15, 0.2) is 42.5 Å². The van der Waals surface area contributed by atoms with Crippen molar-refractivity contribution in [3.63, 3.8) is 0 Å². The lowest BCUT2D eigenvalue weighted by Crippen LogP contribution is -2.58. The highest BCUT2D eigenvalue weighted by Gasteiger charge is 2.58. The van der Waals surface area contributed by atoms with E-state index in [4.69, 9.17) is 4.74 Å². The number of aliphatic carboxylic acids is 1. The van der Waals surface area contributed by atoms with E-state index in [-0.39, 0.29) is 44.6 Å². The average molecular weight is 564 g/mol. The minimum atomic E-state index is -5.11. The molecule has 216 valence electrons.